The minimum absolute atomic E-state index is 0.116. The first-order valence-electron chi connectivity index (χ1n) is 8.80. The maximum absolute atomic E-state index is 12.9. The van der Waals surface area contributed by atoms with Gasteiger partial charge >= 0.3 is 0 Å². The minimum atomic E-state index is -3.72. The smallest absolute Gasteiger partial charge is 0.276 e. The summed E-state index contributed by atoms with van der Waals surface area (Å²) < 4.78 is 42.4. The van der Waals surface area contributed by atoms with Gasteiger partial charge in [-0.3, -0.25) is 4.79 Å². The molecule has 0 bridgehead atoms. The van der Waals surface area contributed by atoms with Gasteiger partial charge < -0.3 is 10.1 Å². The van der Waals surface area contributed by atoms with Crippen LogP contribution in [0.5, 0.6) is 5.75 Å². The van der Waals surface area contributed by atoms with Gasteiger partial charge in [-0.1, -0.05) is 18.2 Å². The predicted molar refractivity (Wildman–Crippen MR) is 111 cm³/mol. The summed E-state index contributed by atoms with van der Waals surface area (Å²) in [6, 6.07) is 19.9. The van der Waals surface area contributed by atoms with Gasteiger partial charge in [-0.15, -0.1) is 0 Å². The van der Waals surface area contributed by atoms with E-state index in [4.69, 9.17) is 4.74 Å². The number of hydrazone groups is 1. The normalized spacial score (nSPS) is 11.2. The second-order valence-electron chi connectivity index (χ2n) is 6.08. The van der Waals surface area contributed by atoms with Crippen LogP contribution in [0.2, 0.25) is 0 Å². The van der Waals surface area contributed by atoms with Gasteiger partial charge in [0.15, 0.2) is 6.61 Å². The molecule has 0 saturated heterocycles. The molecule has 30 heavy (non-hydrogen) atoms. The molecule has 154 valence electrons. The molecule has 3 aromatic carbocycles. The lowest BCUT2D eigenvalue weighted by Crippen LogP contribution is -2.20. The maximum Gasteiger partial charge on any atom is 0.276 e. The van der Waals surface area contributed by atoms with E-state index in [-0.39, 0.29) is 23.2 Å². The zero-order valence-electron chi connectivity index (χ0n) is 15.7. The van der Waals surface area contributed by atoms with Crippen molar-refractivity contribution >= 4 is 27.8 Å². The first-order valence-corrected chi connectivity index (χ1v) is 10.3. The molecule has 0 atom stereocenters. The molecule has 0 heterocycles. The zero-order valence-corrected chi connectivity index (χ0v) is 16.5. The Morgan fingerprint density at radius 3 is 2.30 bits per heavy atom. The number of rotatable bonds is 8. The van der Waals surface area contributed by atoms with Gasteiger partial charge in [0.1, 0.15) is 11.6 Å². The van der Waals surface area contributed by atoms with E-state index in [9.17, 15) is 17.6 Å². The lowest BCUT2D eigenvalue weighted by molar-refractivity contribution is -0.118. The van der Waals surface area contributed by atoms with Crippen LogP contribution in [-0.2, 0) is 14.8 Å². The molecule has 0 aliphatic carbocycles. The van der Waals surface area contributed by atoms with Crippen LogP contribution in [0.4, 0.5) is 10.1 Å². The van der Waals surface area contributed by atoms with Crippen molar-refractivity contribution in [3.05, 3.63) is 90.2 Å². The van der Waals surface area contributed by atoms with Crippen LogP contribution < -0.4 is 14.9 Å². The molecule has 7 nitrogen and oxygen atoms in total. The van der Waals surface area contributed by atoms with Crippen LogP contribution in [0, 0.1) is 5.82 Å². The fourth-order valence-electron chi connectivity index (χ4n) is 2.35. The van der Waals surface area contributed by atoms with Crippen LogP contribution >= 0.6 is 0 Å². The van der Waals surface area contributed by atoms with Crippen molar-refractivity contribution in [1.82, 2.24) is 4.83 Å². The van der Waals surface area contributed by atoms with Gasteiger partial charge in [-0.05, 0) is 66.2 Å². The lowest BCUT2D eigenvalue weighted by Gasteiger charge is -2.07. The van der Waals surface area contributed by atoms with E-state index >= 15 is 0 Å². The first-order chi connectivity index (χ1) is 14.4. The number of sulfonamides is 1. The molecule has 3 aromatic rings. The Labute approximate surface area is 173 Å². The summed E-state index contributed by atoms with van der Waals surface area (Å²) in [7, 11) is -3.72. The number of hydrogen-bond donors (Lipinski definition) is 2. The van der Waals surface area contributed by atoms with Crippen molar-refractivity contribution in [2.75, 3.05) is 11.9 Å². The molecule has 2 N–H and O–H groups in total. The number of halogens is 1. The van der Waals surface area contributed by atoms with Crippen molar-refractivity contribution in [1.29, 1.82) is 0 Å². The van der Waals surface area contributed by atoms with Gasteiger partial charge in [0, 0.05) is 5.69 Å². The Hall–Kier alpha value is -3.72. The fourth-order valence-corrected chi connectivity index (χ4v) is 3.16. The van der Waals surface area contributed by atoms with E-state index < -0.39 is 10.0 Å². The van der Waals surface area contributed by atoms with Gasteiger partial charge in [-0.25, -0.2) is 9.22 Å². The average Bonchev–Trinajstić information content (AvgIpc) is 2.75. The molecule has 0 unspecified atom stereocenters. The Bertz CT molecular complexity index is 1120. The van der Waals surface area contributed by atoms with E-state index in [1.807, 2.05) is 0 Å². The third-order valence-electron chi connectivity index (χ3n) is 3.82. The Morgan fingerprint density at radius 2 is 1.63 bits per heavy atom. The van der Waals surface area contributed by atoms with E-state index in [1.54, 1.807) is 42.5 Å². The highest BCUT2D eigenvalue weighted by Crippen LogP contribution is 2.12. The molecule has 3 rings (SSSR count). The summed E-state index contributed by atoms with van der Waals surface area (Å²) in [6.07, 6.45) is 1.35. The summed E-state index contributed by atoms with van der Waals surface area (Å²) in [5, 5.41) is 6.34. The highest BCUT2D eigenvalue weighted by atomic mass is 32.2. The number of hydrogen-bond acceptors (Lipinski definition) is 5. The predicted octanol–water partition coefficient (Wildman–Crippen LogP) is 3.16. The highest BCUT2D eigenvalue weighted by Gasteiger charge is 2.11. The summed E-state index contributed by atoms with van der Waals surface area (Å²) in [5.41, 5.74) is 1.10. The summed E-state index contributed by atoms with van der Waals surface area (Å²) in [4.78, 5) is 14.1. The Balaban J connectivity index is 1.49. The number of anilines is 1. The number of carbonyl (C=O) groups excluding carboxylic acids is 1. The number of nitrogens with zero attached hydrogens (tertiary/aromatic N) is 1. The van der Waals surface area contributed by atoms with Gasteiger partial charge in [-0.2, -0.15) is 13.5 Å². The highest BCUT2D eigenvalue weighted by molar-refractivity contribution is 7.89. The number of amides is 1. The molecule has 0 aromatic heterocycles. The molecular formula is C21H18FN3O4S. The average molecular weight is 427 g/mol. The maximum atomic E-state index is 12.9. The summed E-state index contributed by atoms with van der Waals surface area (Å²) >= 11 is 0. The third kappa shape index (κ3) is 6.14. The van der Waals surface area contributed by atoms with Crippen molar-refractivity contribution in [3.63, 3.8) is 0 Å². The van der Waals surface area contributed by atoms with Gasteiger partial charge in [0.05, 0.1) is 11.1 Å². The van der Waals surface area contributed by atoms with Crippen molar-refractivity contribution in [2.24, 2.45) is 5.10 Å². The second kappa shape index (κ2) is 9.66. The summed E-state index contributed by atoms with van der Waals surface area (Å²) in [6.45, 7) is -0.221. The second-order valence-corrected chi connectivity index (χ2v) is 7.74. The third-order valence-corrected chi connectivity index (χ3v) is 5.06. The number of ether oxygens (including phenoxy) is 1. The molecule has 0 radical (unpaired) electrons. The largest absolute Gasteiger partial charge is 0.484 e. The monoisotopic (exact) mass is 427 g/mol. The summed E-state index contributed by atoms with van der Waals surface area (Å²) in [5.74, 6) is -0.324. The topological polar surface area (TPSA) is 96.9 Å². The lowest BCUT2D eigenvalue weighted by atomic mass is 10.2. The first kappa shape index (κ1) is 21.0. The molecule has 0 fully saturated rings. The van der Waals surface area contributed by atoms with Crippen molar-refractivity contribution < 1.29 is 22.3 Å². The quantitative estimate of drug-likeness (QED) is 0.426. The van der Waals surface area contributed by atoms with E-state index in [0.717, 1.165) is 0 Å². The molecule has 0 spiro atoms. The van der Waals surface area contributed by atoms with E-state index in [2.05, 4.69) is 15.2 Å². The molecule has 9 heteroatoms. The van der Waals surface area contributed by atoms with E-state index in [1.165, 1.54) is 42.6 Å². The van der Waals surface area contributed by atoms with Crippen molar-refractivity contribution in [2.45, 2.75) is 4.90 Å². The molecular weight excluding hydrogens is 409 g/mol. The number of benzene rings is 3. The van der Waals surface area contributed by atoms with Crippen LogP contribution in [0.25, 0.3) is 0 Å². The minimum Gasteiger partial charge on any atom is -0.484 e. The van der Waals surface area contributed by atoms with Gasteiger partial charge in [0.2, 0.25) is 0 Å². The SMILES string of the molecule is O=C(COc1ccc(/C=N/NS(=O)(=O)c2ccccc2)cc1)Nc1ccc(F)cc1. The van der Waals surface area contributed by atoms with Crippen molar-refractivity contribution in [3.8, 4) is 5.75 Å². The molecule has 0 aliphatic heterocycles. The molecule has 0 saturated carbocycles. The van der Waals surface area contributed by atoms with Crippen LogP contribution in [0.15, 0.2) is 88.9 Å². The zero-order chi connectivity index (χ0) is 21.4. The number of carbonyl (C=O) groups is 1. The standard InChI is InChI=1S/C21H18FN3O4S/c22-17-8-10-18(11-9-17)24-21(26)15-29-19-12-6-16(7-13-19)14-23-25-30(27,28)20-4-2-1-3-5-20/h1-14,25H,15H2,(H,24,26)/b23-14+. The molecule has 1 amide bonds. The van der Waals surface area contributed by atoms with Crippen LogP contribution in [-0.4, -0.2) is 27.1 Å². The van der Waals surface area contributed by atoms with Gasteiger partial charge in [0.25, 0.3) is 15.9 Å². The number of nitrogens with one attached hydrogen (secondary N) is 2. The Kier molecular flexibility index (Phi) is 6.76. The van der Waals surface area contributed by atoms with Crippen LogP contribution in [0.1, 0.15) is 5.56 Å². The van der Waals surface area contributed by atoms with Crippen LogP contribution in [0.3, 0.4) is 0 Å². The fraction of sp³-hybridized carbons (Fsp3) is 0.0476. The Morgan fingerprint density at radius 1 is 0.967 bits per heavy atom. The van der Waals surface area contributed by atoms with E-state index in [0.29, 0.717) is 17.0 Å². The molecule has 0 aliphatic rings.